The molecule has 0 saturated heterocycles. The zero-order valence-corrected chi connectivity index (χ0v) is 20.0. The molecule has 5 aromatic rings. The fourth-order valence-corrected chi connectivity index (χ4v) is 4.51. The Morgan fingerprint density at radius 1 is 0.919 bits per heavy atom. The van der Waals surface area contributed by atoms with E-state index in [1.807, 2.05) is 31.2 Å². The number of nitrogens with zero attached hydrogens (tertiary/aromatic N) is 2. The molecular formula is C28H23N3O6. The summed E-state index contributed by atoms with van der Waals surface area (Å²) in [6.07, 6.45) is 0. The Balaban J connectivity index is 1.40. The summed E-state index contributed by atoms with van der Waals surface area (Å²) in [4.78, 5) is 40.1. The van der Waals surface area contributed by atoms with Gasteiger partial charge >= 0.3 is 5.69 Å². The Kier molecular flexibility index (Phi) is 5.52. The van der Waals surface area contributed by atoms with Crippen LogP contribution in [0.4, 0.5) is 0 Å². The molecule has 9 heteroatoms. The van der Waals surface area contributed by atoms with Crippen molar-refractivity contribution in [3.05, 3.63) is 104 Å². The molecule has 1 aliphatic heterocycles. The van der Waals surface area contributed by atoms with Crippen LogP contribution in [0.15, 0.2) is 80.7 Å². The maximum atomic E-state index is 13.7. The molecule has 0 atom stereocenters. The first-order chi connectivity index (χ1) is 18.0. The van der Waals surface area contributed by atoms with Gasteiger partial charge in [0, 0.05) is 11.9 Å². The Morgan fingerprint density at radius 2 is 1.68 bits per heavy atom. The zero-order chi connectivity index (χ0) is 25.5. The van der Waals surface area contributed by atoms with Crippen LogP contribution >= 0.6 is 0 Å². The maximum Gasteiger partial charge on any atom is 0.332 e. The molecule has 1 amide bonds. The number of rotatable bonds is 6. The molecule has 186 valence electrons. The summed E-state index contributed by atoms with van der Waals surface area (Å²) in [5.41, 5.74) is 2.36. The van der Waals surface area contributed by atoms with Crippen LogP contribution in [0.25, 0.3) is 22.1 Å². The van der Waals surface area contributed by atoms with Gasteiger partial charge in [0.1, 0.15) is 17.6 Å². The van der Waals surface area contributed by atoms with E-state index >= 15 is 0 Å². The van der Waals surface area contributed by atoms with Crippen molar-refractivity contribution in [2.24, 2.45) is 0 Å². The van der Waals surface area contributed by atoms with Crippen molar-refractivity contribution in [2.75, 3.05) is 6.79 Å². The standard InChI is InChI=1S/C28H23N3O6/c1-17-6-8-18(9-7-17)13-29-24(32)15-30-25-20-4-2-3-5-21(20)37-26(25)27(33)31(28(30)34)14-19-10-11-22-23(12-19)36-16-35-22/h2-12H,13-16H2,1H3,(H,29,32). The van der Waals surface area contributed by atoms with Crippen molar-refractivity contribution >= 4 is 28.0 Å². The topological polar surface area (TPSA) is 105 Å². The molecule has 3 heterocycles. The van der Waals surface area contributed by atoms with Crippen LogP contribution in [0.2, 0.25) is 0 Å². The van der Waals surface area contributed by atoms with E-state index in [-0.39, 0.29) is 31.4 Å². The Morgan fingerprint density at radius 3 is 2.51 bits per heavy atom. The molecule has 1 N–H and O–H groups in total. The quantitative estimate of drug-likeness (QED) is 0.386. The first-order valence-corrected chi connectivity index (χ1v) is 11.8. The van der Waals surface area contributed by atoms with E-state index < -0.39 is 11.2 Å². The van der Waals surface area contributed by atoms with E-state index in [1.165, 1.54) is 4.57 Å². The van der Waals surface area contributed by atoms with Gasteiger partial charge in [-0.15, -0.1) is 0 Å². The first kappa shape index (κ1) is 22.7. The zero-order valence-electron chi connectivity index (χ0n) is 20.0. The average molecular weight is 498 g/mol. The van der Waals surface area contributed by atoms with Gasteiger partial charge in [-0.25, -0.2) is 4.79 Å². The van der Waals surface area contributed by atoms with Crippen molar-refractivity contribution in [3.8, 4) is 11.5 Å². The minimum Gasteiger partial charge on any atom is -0.454 e. The normalized spacial score (nSPS) is 12.4. The summed E-state index contributed by atoms with van der Waals surface area (Å²) < 4.78 is 19.0. The number of hydrogen-bond donors (Lipinski definition) is 1. The van der Waals surface area contributed by atoms with Crippen molar-refractivity contribution in [2.45, 2.75) is 26.6 Å². The van der Waals surface area contributed by atoms with Crippen LogP contribution in [-0.2, 0) is 24.4 Å². The Hall–Kier alpha value is -4.79. The third kappa shape index (κ3) is 4.14. The highest BCUT2D eigenvalue weighted by molar-refractivity contribution is 6.02. The van der Waals surface area contributed by atoms with E-state index in [0.717, 1.165) is 15.7 Å². The molecule has 0 saturated carbocycles. The molecule has 3 aromatic carbocycles. The van der Waals surface area contributed by atoms with Crippen LogP contribution < -0.4 is 26.0 Å². The predicted octanol–water partition coefficient (Wildman–Crippen LogP) is 3.31. The fraction of sp³-hybridized carbons (Fsp3) is 0.179. The lowest BCUT2D eigenvalue weighted by molar-refractivity contribution is -0.121. The van der Waals surface area contributed by atoms with E-state index in [2.05, 4.69) is 5.32 Å². The van der Waals surface area contributed by atoms with Crippen LogP contribution in [0.5, 0.6) is 11.5 Å². The van der Waals surface area contributed by atoms with Gasteiger partial charge in [-0.3, -0.25) is 18.7 Å². The molecule has 6 rings (SSSR count). The van der Waals surface area contributed by atoms with Gasteiger partial charge in [-0.1, -0.05) is 48.0 Å². The highest BCUT2D eigenvalue weighted by Crippen LogP contribution is 2.32. The number of ether oxygens (including phenoxy) is 2. The monoisotopic (exact) mass is 497 g/mol. The summed E-state index contributed by atoms with van der Waals surface area (Å²) in [7, 11) is 0. The number of fused-ring (bicyclic) bond motifs is 4. The average Bonchev–Trinajstić information content (AvgIpc) is 3.53. The van der Waals surface area contributed by atoms with Gasteiger partial charge in [-0.2, -0.15) is 0 Å². The first-order valence-electron chi connectivity index (χ1n) is 11.8. The molecule has 0 unspecified atom stereocenters. The molecule has 0 radical (unpaired) electrons. The number of para-hydroxylation sites is 1. The SMILES string of the molecule is Cc1ccc(CNC(=O)Cn2c(=O)n(Cc3ccc4c(c3)OCO4)c(=O)c3oc4ccccc4c32)cc1. The van der Waals surface area contributed by atoms with Gasteiger partial charge in [0.25, 0.3) is 5.56 Å². The third-order valence-corrected chi connectivity index (χ3v) is 6.43. The molecule has 0 fully saturated rings. The highest BCUT2D eigenvalue weighted by Gasteiger charge is 2.22. The van der Waals surface area contributed by atoms with Crippen molar-refractivity contribution < 1.29 is 18.7 Å². The summed E-state index contributed by atoms with van der Waals surface area (Å²) >= 11 is 0. The number of carbonyl (C=O) groups is 1. The van der Waals surface area contributed by atoms with Crippen LogP contribution in [-0.4, -0.2) is 21.8 Å². The number of benzene rings is 3. The molecule has 37 heavy (non-hydrogen) atoms. The van der Waals surface area contributed by atoms with Crippen LogP contribution in [0.1, 0.15) is 16.7 Å². The van der Waals surface area contributed by atoms with Crippen LogP contribution in [0, 0.1) is 6.92 Å². The Labute approximate surface area is 210 Å². The van der Waals surface area contributed by atoms with E-state index in [1.54, 1.807) is 42.5 Å². The summed E-state index contributed by atoms with van der Waals surface area (Å²) in [6.45, 7) is 2.14. The lowest BCUT2D eigenvalue weighted by atomic mass is 10.1. The smallest absolute Gasteiger partial charge is 0.332 e. The molecule has 2 aromatic heterocycles. The maximum absolute atomic E-state index is 13.7. The van der Waals surface area contributed by atoms with Gasteiger partial charge in [0.05, 0.1) is 6.54 Å². The summed E-state index contributed by atoms with van der Waals surface area (Å²) in [5, 5.41) is 3.46. The lowest BCUT2D eigenvalue weighted by Crippen LogP contribution is -2.42. The molecule has 1 aliphatic rings. The number of nitrogens with one attached hydrogen (secondary N) is 1. The van der Waals surface area contributed by atoms with Crippen LogP contribution in [0.3, 0.4) is 0 Å². The minimum absolute atomic E-state index is 0.0212. The molecule has 0 bridgehead atoms. The summed E-state index contributed by atoms with van der Waals surface area (Å²) in [6, 6.07) is 20.1. The highest BCUT2D eigenvalue weighted by atomic mass is 16.7. The number of amides is 1. The van der Waals surface area contributed by atoms with Crippen molar-refractivity contribution in [1.29, 1.82) is 0 Å². The van der Waals surface area contributed by atoms with Gasteiger partial charge in [0.2, 0.25) is 18.3 Å². The molecule has 0 aliphatic carbocycles. The second kappa shape index (κ2) is 9.02. The van der Waals surface area contributed by atoms with Gasteiger partial charge in [-0.05, 0) is 42.3 Å². The van der Waals surface area contributed by atoms with E-state index in [9.17, 15) is 14.4 Å². The number of carbonyl (C=O) groups excluding carboxylic acids is 1. The largest absolute Gasteiger partial charge is 0.454 e. The number of furan rings is 1. The third-order valence-electron chi connectivity index (χ3n) is 6.43. The second-order valence-corrected chi connectivity index (χ2v) is 8.99. The number of hydrogen-bond acceptors (Lipinski definition) is 6. The Bertz CT molecular complexity index is 1780. The number of aromatic nitrogens is 2. The van der Waals surface area contributed by atoms with Gasteiger partial charge in [0.15, 0.2) is 11.5 Å². The second-order valence-electron chi connectivity index (χ2n) is 8.99. The number of aryl methyl sites for hydroxylation is 1. The lowest BCUT2D eigenvalue weighted by Gasteiger charge is -2.13. The molecular weight excluding hydrogens is 474 g/mol. The molecule has 9 nitrogen and oxygen atoms in total. The minimum atomic E-state index is -0.604. The molecule has 0 spiro atoms. The van der Waals surface area contributed by atoms with Crippen molar-refractivity contribution in [1.82, 2.24) is 14.5 Å². The van der Waals surface area contributed by atoms with E-state index in [0.29, 0.717) is 40.1 Å². The predicted molar refractivity (Wildman–Crippen MR) is 137 cm³/mol. The van der Waals surface area contributed by atoms with Gasteiger partial charge < -0.3 is 19.2 Å². The van der Waals surface area contributed by atoms with E-state index in [4.69, 9.17) is 13.9 Å². The fourth-order valence-electron chi connectivity index (χ4n) is 4.51. The van der Waals surface area contributed by atoms with Crippen molar-refractivity contribution in [3.63, 3.8) is 0 Å². The summed E-state index contributed by atoms with van der Waals surface area (Å²) in [5.74, 6) is 0.792.